The summed E-state index contributed by atoms with van der Waals surface area (Å²) in [5, 5.41) is 2.67. The molecule has 0 aliphatic carbocycles. The van der Waals surface area contributed by atoms with Gasteiger partial charge >= 0.3 is 6.18 Å². The highest BCUT2D eigenvalue weighted by Gasteiger charge is 2.31. The smallest absolute Gasteiger partial charge is 0.399 e. The lowest BCUT2D eigenvalue weighted by Crippen LogP contribution is -2.30. The van der Waals surface area contributed by atoms with E-state index < -0.39 is 11.7 Å². The molecule has 1 aliphatic rings. The van der Waals surface area contributed by atoms with E-state index in [-0.39, 0.29) is 42.8 Å². The fraction of sp³-hybridized carbons (Fsp3) is 0.350. The lowest BCUT2D eigenvalue weighted by atomic mass is 10.1. The molecule has 0 saturated carbocycles. The number of nitrogens with zero attached hydrogens (tertiary/aromatic N) is 1. The van der Waals surface area contributed by atoms with Gasteiger partial charge in [-0.05, 0) is 55.2 Å². The summed E-state index contributed by atoms with van der Waals surface area (Å²) in [6.45, 7) is 1.54. The zero-order valence-corrected chi connectivity index (χ0v) is 17.3. The van der Waals surface area contributed by atoms with Crippen molar-refractivity contribution in [3.63, 3.8) is 0 Å². The number of hydrogen-bond acceptors (Lipinski definition) is 3. The molecule has 4 nitrogen and oxygen atoms in total. The molecule has 0 bridgehead atoms. The SMILES string of the molecule is Cl.Cl.Nc1ccc(CC(=O)Nc2cc(C(F)(F)F)ccc2N2CCCCC2)cc1. The Kier molecular flexibility index (Phi) is 9.11. The van der Waals surface area contributed by atoms with Crippen molar-refractivity contribution in [2.24, 2.45) is 0 Å². The minimum absolute atomic E-state index is 0. The average Bonchev–Trinajstić information content (AvgIpc) is 2.63. The molecular weight excluding hydrogens is 426 g/mol. The number of benzene rings is 2. The number of piperidine rings is 1. The van der Waals surface area contributed by atoms with E-state index in [1.54, 1.807) is 24.3 Å². The van der Waals surface area contributed by atoms with Gasteiger partial charge in [0.2, 0.25) is 5.91 Å². The highest BCUT2D eigenvalue weighted by atomic mass is 35.5. The van der Waals surface area contributed by atoms with E-state index in [4.69, 9.17) is 5.73 Å². The monoisotopic (exact) mass is 449 g/mol. The summed E-state index contributed by atoms with van der Waals surface area (Å²) in [4.78, 5) is 14.5. The number of nitrogen functional groups attached to an aromatic ring is 1. The number of carbonyl (C=O) groups is 1. The van der Waals surface area contributed by atoms with Gasteiger partial charge in [-0.2, -0.15) is 13.2 Å². The van der Waals surface area contributed by atoms with E-state index in [1.807, 2.05) is 4.90 Å². The van der Waals surface area contributed by atoms with Gasteiger partial charge in [0.15, 0.2) is 0 Å². The number of rotatable bonds is 4. The maximum Gasteiger partial charge on any atom is 0.416 e. The van der Waals surface area contributed by atoms with Crippen molar-refractivity contribution in [1.82, 2.24) is 0 Å². The van der Waals surface area contributed by atoms with Crippen LogP contribution in [-0.4, -0.2) is 19.0 Å². The van der Waals surface area contributed by atoms with Crippen LogP contribution in [0.15, 0.2) is 42.5 Å². The first-order chi connectivity index (χ1) is 12.8. The summed E-state index contributed by atoms with van der Waals surface area (Å²) < 4.78 is 39.4. The van der Waals surface area contributed by atoms with E-state index >= 15 is 0 Å². The number of carbonyl (C=O) groups excluding carboxylic acids is 1. The number of nitrogens with one attached hydrogen (secondary N) is 1. The van der Waals surface area contributed by atoms with Crippen molar-refractivity contribution >= 4 is 47.8 Å². The molecule has 3 rings (SSSR count). The number of halogens is 5. The van der Waals surface area contributed by atoms with Gasteiger partial charge in [-0.15, -0.1) is 24.8 Å². The molecule has 3 N–H and O–H groups in total. The van der Waals surface area contributed by atoms with Crippen LogP contribution in [0, 0.1) is 0 Å². The second-order valence-electron chi connectivity index (χ2n) is 6.74. The topological polar surface area (TPSA) is 58.4 Å². The number of anilines is 3. The Morgan fingerprint density at radius 3 is 2.21 bits per heavy atom. The summed E-state index contributed by atoms with van der Waals surface area (Å²) in [6, 6.07) is 10.4. The summed E-state index contributed by atoms with van der Waals surface area (Å²) >= 11 is 0. The number of alkyl halides is 3. The van der Waals surface area contributed by atoms with E-state index in [2.05, 4.69) is 5.32 Å². The van der Waals surface area contributed by atoms with E-state index in [1.165, 1.54) is 6.07 Å². The lowest BCUT2D eigenvalue weighted by molar-refractivity contribution is -0.137. The van der Waals surface area contributed by atoms with Gasteiger partial charge in [0.1, 0.15) is 0 Å². The fourth-order valence-corrected chi connectivity index (χ4v) is 3.24. The average molecular weight is 450 g/mol. The molecule has 0 radical (unpaired) electrons. The van der Waals surface area contributed by atoms with Gasteiger partial charge in [-0.3, -0.25) is 4.79 Å². The summed E-state index contributed by atoms with van der Waals surface area (Å²) in [6.07, 6.45) is -1.32. The molecule has 0 spiro atoms. The van der Waals surface area contributed by atoms with Crippen LogP contribution in [0.1, 0.15) is 30.4 Å². The molecule has 1 heterocycles. The van der Waals surface area contributed by atoms with Crippen molar-refractivity contribution in [2.45, 2.75) is 31.9 Å². The fourth-order valence-electron chi connectivity index (χ4n) is 3.24. The quantitative estimate of drug-likeness (QED) is 0.622. The Hall–Kier alpha value is -2.12. The van der Waals surface area contributed by atoms with Crippen molar-refractivity contribution in [3.8, 4) is 0 Å². The highest BCUT2D eigenvalue weighted by molar-refractivity contribution is 5.95. The predicted molar refractivity (Wildman–Crippen MR) is 115 cm³/mol. The second kappa shape index (κ2) is 10.6. The Morgan fingerprint density at radius 1 is 1.00 bits per heavy atom. The summed E-state index contributed by atoms with van der Waals surface area (Å²) in [5.74, 6) is -0.364. The molecule has 1 amide bonds. The van der Waals surface area contributed by atoms with Crippen LogP contribution in [-0.2, 0) is 17.4 Å². The first-order valence-corrected chi connectivity index (χ1v) is 8.93. The Labute approximate surface area is 180 Å². The first-order valence-electron chi connectivity index (χ1n) is 8.93. The molecule has 1 saturated heterocycles. The number of amides is 1. The predicted octanol–water partition coefficient (Wildman–Crippen LogP) is 5.30. The molecule has 1 aliphatic heterocycles. The molecule has 29 heavy (non-hydrogen) atoms. The molecule has 2 aromatic carbocycles. The van der Waals surface area contributed by atoms with E-state index in [9.17, 15) is 18.0 Å². The van der Waals surface area contributed by atoms with Crippen LogP contribution >= 0.6 is 24.8 Å². The van der Waals surface area contributed by atoms with E-state index in [0.717, 1.165) is 50.0 Å². The summed E-state index contributed by atoms with van der Waals surface area (Å²) in [7, 11) is 0. The van der Waals surface area contributed by atoms with E-state index in [0.29, 0.717) is 11.4 Å². The Morgan fingerprint density at radius 2 is 1.62 bits per heavy atom. The van der Waals surface area contributed by atoms with Crippen molar-refractivity contribution in [1.29, 1.82) is 0 Å². The van der Waals surface area contributed by atoms with Crippen LogP contribution in [0.5, 0.6) is 0 Å². The van der Waals surface area contributed by atoms with Gasteiger partial charge < -0.3 is 16.0 Å². The van der Waals surface area contributed by atoms with Crippen molar-refractivity contribution in [2.75, 3.05) is 29.0 Å². The highest BCUT2D eigenvalue weighted by Crippen LogP contribution is 2.36. The van der Waals surface area contributed by atoms with Gasteiger partial charge in [0, 0.05) is 18.8 Å². The molecule has 2 aromatic rings. The molecular formula is C20H24Cl2F3N3O. The van der Waals surface area contributed by atoms with Crippen LogP contribution in [0.25, 0.3) is 0 Å². The van der Waals surface area contributed by atoms with Gasteiger partial charge in [-0.25, -0.2) is 0 Å². The van der Waals surface area contributed by atoms with Crippen LogP contribution in [0.4, 0.5) is 30.2 Å². The zero-order chi connectivity index (χ0) is 19.4. The third-order valence-electron chi connectivity index (χ3n) is 4.64. The Balaban J connectivity index is 0.00000210. The molecule has 1 fully saturated rings. The third kappa shape index (κ3) is 6.72. The second-order valence-corrected chi connectivity index (χ2v) is 6.74. The normalized spacial score (nSPS) is 13.8. The maximum absolute atomic E-state index is 13.1. The lowest BCUT2D eigenvalue weighted by Gasteiger charge is -2.31. The van der Waals surface area contributed by atoms with Crippen molar-refractivity contribution in [3.05, 3.63) is 53.6 Å². The van der Waals surface area contributed by atoms with Gasteiger partial charge in [-0.1, -0.05) is 12.1 Å². The van der Waals surface area contributed by atoms with Crippen LogP contribution in [0.3, 0.4) is 0 Å². The minimum atomic E-state index is -4.46. The Bertz CT molecular complexity index is 808. The largest absolute Gasteiger partial charge is 0.416 e. The molecule has 0 aromatic heterocycles. The first kappa shape index (κ1) is 24.9. The number of hydrogen-bond donors (Lipinski definition) is 2. The molecule has 9 heteroatoms. The minimum Gasteiger partial charge on any atom is -0.399 e. The van der Waals surface area contributed by atoms with Gasteiger partial charge in [0.05, 0.1) is 23.4 Å². The molecule has 0 atom stereocenters. The zero-order valence-electron chi connectivity index (χ0n) is 15.7. The molecule has 160 valence electrons. The van der Waals surface area contributed by atoms with Crippen molar-refractivity contribution < 1.29 is 18.0 Å². The van der Waals surface area contributed by atoms with Gasteiger partial charge in [0.25, 0.3) is 0 Å². The standard InChI is InChI=1S/C20H22F3N3O.2ClH/c21-20(22,23)15-6-9-18(26-10-2-1-3-11-26)17(13-15)25-19(27)12-14-4-7-16(24)8-5-14;;/h4-9,13H,1-3,10-12,24H2,(H,25,27);2*1H. The van der Waals surface area contributed by atoms with Crippen LogP contribution in [0.2, 0.25) is 0 Å². The van der Waals surface area contributed by atoms with Crippen LogP contribution < -0.4 is 16.0 Å². The summed E-state index contributed by atoms with van der Waals surface area (Å²) in [5.41, 5.74) is 7.02. The number of nitrogens with two attached hydrogens (primary N) is 1. The third-order valence-corrected chi connectivity index (χ3v) is 4.64. The maximum atomic E-state index is 13.1. The molecule has 0 unspecified atom stereocenters.